The monoisotopic (exact) mass is 452 g/mol. The van der Waals surface area contributed by atoms with E-state index in [9.17, 15) is 9.59 Å². The van der Waals surface area contributed by atoms with Crippen LogP contribution in [0, 0.1) is 0 Å². The number of primary amides is 1. The topological polar surface area (TPSA) is 192 Å². The van der Waals surface area contributed by atoms with Gasteiger partial charge in [-0.05, 0) is 33.9 Å². The van der Waals surface area contributed by atoms with Gasteiger partial charge in [-0.1, -0.05) is 23.4 Å². The van der Waals surface area contributed by atoms with E-state index in [0.717, 1.165) is 4.88 Å². The maximum Gasteiger partial charge on any atom is 0.293 e. The minimum Gasteiger partial charge on any atom is -0.379 e. The van der Waals surface area contributed by atoms with Crippen molar-refractivity contribution in [3.8, 4) is 5.82 Å². The van der Waals surface area contributed by atoms with Crippen molar-refractivity contribution in [3.63, 3.8) is 0 Å². The first-order chi connectivity index (χ1) is 15.5. The van der Waals surface area contributed by atoms with Crippen LogP contribution in [0.2, 0.25) is 0 Å². The van der Waals surface area contributed by atoms with Gasteiger partial charge in [0, 0.05) is 10.6 Å². The van der Waals surface area contributed by atoms with Crippen molar-refractivity contribution in [1.82, 2.24) is 30.7 Å². The zero-order valence-electron chi connectivity index (χ0n) is 16.3. The van der Waals surface area contributed by atoms with Gasteiger partial charge in [0.2, 0.25) is 11.6 Å². The minimum absolute atomic E-state index is 0.0149. The number of aromatic nitrogens is 5. The first kappa shape index (κ1) is 20.7. The lowest BCUT2D eigenvalue weighted by atomic mass is 10.1. The van der Waals surface area contributed by atoms with Crippen molar-refractivity contribution < 1.29 is 14.2 Å². The number of hydrazone groups is 1. The summed E-state index contributed by atoms with van der Waals surface area (Å²) in [5, 5.41) is 24.0. The van der Waals surface area contributed by atoms with E-state index in [-0.39, 0.29) is 35.1 Å². The summed E-state index contributed by atoms with van der Waals surface area (Å²) in [5.74, 6) is -1.21. The summed E-state index contributed by atoms with van der Waals surface area (Å²) in [4.78, 5) is 25.3. The Labute approximate surface area is 184 Å². The minimum atomic E-state index is -0.612. The number of thiophene rings is 1. The molecule has 13 nitrogen and oxygen atoms in total. The van der Waals surface area contributed by atoms with E-state index in [1.165, 1.54) is 22.2 Å². The number of benzene rings is 1. The molecule has 1 aromatic carbocycles. The highest BCUT2D eigenvalue weighted by molar-refractivity contribution is 7.11. The van der Waals surface area contributed by atoms with Crippen LogP contribution in [0.1, 0.15) is 31.4 Å². The predicted molar refractivity (Wildman–Crippen MR) is 115 cm³/mol. The molecular formula is C18H16N10O3S. The van der Waals surface area contributed by atoms with E-state index < -0.39 is 11.8 Å². The molecule has 0 unspecified atom stereocenters. The van der Waals surface area contributed by atoms with Crippen LogP contribution in [0.15, 0.2) is 51.5 Å². The summed E-state index contributed by atoms with van der Waals surface area (Å²) in [7, 11) is 0. The number of nitrogens with two attached hydrogens (primary N) is 2. The van der Waals surface area contributed by atoms with Crippen molar-refractivity contribution in [1.29, 1.82) is 0 Å². The Morgan fingerprint density at radius 3 is 2.78 bits per heavy atom. The third-order valence-corrected chi connectivity index (χ3v) is 5.02. The molecule has 0 bridgehead atoms. The SMILES string of the molecule is NC(=O)c1ccccc1NCc1c(C(=O)NN=Cc2cccs2)nnn1-c1nonc1N. The molecule has 0 spiro atoms. The number of rotatable bonds is 8. The standard InChI is InChI=1S/C18H16N10O3S/c19-15-17(26-31-25-15)28-13(9-21-12-6-2-1-5-11(12)16(20)29)14(23-27-28)18(30)24-22-8-10-4-3-7-32-10/h1-8,21H,9H2,(H2,19,25)(H2,20,29)(H,24,30). The Kier molecular flexibility index (Phi) is 5.85. The number of hydrogen-bond donors (Lipinski definition) is 4. The smallest absolute Gasteiger partial charge is 0.293 e. The van der Waals surface area contributed by atoms with Gasteiger partial charge in [0.15, 0.2) is 5.69 Å². The van der Waals surface area contributed by atoms with Gasteiger partial charge >= 0.3 is 0 Å². The fourth-order valence-corrected chi connectivity index (χ4v) is 3.33. The number of nitrogens with one attached hydrogen (secondary N) is 2. The van der Waals surface area contributed by atoms with Crippen LogP contribution in [0.25, 0.3) is 5.82 Å². The Hall–Kier alpha value is -4.59. The van der Waals surface area contributed by atoms with Crippen molar-refractivity contribution >= 4 is 40.9 Å². The molecule has 3 aromatic heterocycles. The van der Waals surface area contributed by atoms with Crippen molar-refractivity contribution in [2.75, 3.05) is 11.1 Å². The van der Waals surface area contributed by atoms with Crippen molar-refractivity contribution in [2.45, 2.75) is 6.54 Å². The van der Waals surface area contributed by atoms with Crippen LogP contribution in [-0.4, -0.2) is 43.3 Å². The second kappa shape index (κ2) is 9.05. The number of carbonyl (C=O) groups excluding carboxylic acids is 2. The molecular weight excluding hydrogens is 436 g/mol. The van der Waals surface area contributed by atoms with E-state index in [2.05, 4.69) is 41.1 Å². The second-order valence-electron chi connectivity index (χ2n) is 6.25. The molecule has 2 amide bonds. The average molecular weight is 452 g/mol. The third kappa shape index (κ3) is 4.29. The molecule has 0 saturated heterocycles. The lowest BCUT2D eigenvalue weighted by Crippen LogP contribution is -2.22. The van der Waals surface area contributed by atoms with Gasteiger partial charge in [-0.15, -0.1) is 16.4 Å². The number of para-hydroxylation sites is 1. The maximum atomic E-state index is 12.7. The number of nitrogen functional groups attached to an aromatic ring is 1. The Balaban J connectivity index is 1.63. The lowest BCUT2D eigenvalue weighted by Gasteiger charge is -2.11. The molecule has 0 radical (unpaired) electrons. The van der Waals surface area contributed by atoms with Crippen LogP contribution in [0.4, 0.5) is 11.5 Å². The number of amides is 2. The van der Waals surface area contributed by atoms with Crippen LogP contribution >= 0.6 is 11.3 Å². The molecule has 162 valence electrons. The molecule has 6 N–H and O–H groups in total. The van der Waals surface area contributed by atoms with Gasteiger partial charge in [-0.25, -0.2) is 10.1 Å². The van der Waals surface area contributed by atoms with E-state index in [4.69, 9.17) is 11.5 Å². The fourth-order valence-electron chi connectivity index (χ4n) is 2.75. The molecule has 3 heterocycles. The number of hydrogen-bond acceptors (Lipinski definition) is 11. The number of carbonyl (C=O) groups is 2. The molecule has 0 fully saturated rings. The number of nitrogens with zero attached hydrogens (tertiary/aromatic N) is 6. The van der Waals surface area contributed by atoms with E-state index >= 15 is 0 Å². The first-order valence-electron chi connectivity index (χ1n) is 9.07. The largest absolute Gasteiger partial charge is 0.379 e. The summed E-state index contributed by atoms with van der Waals surface area (Å²) < 4.78 is 5.84. The Bertz CT molecular complexity index is 1280. The van der Waals surface area contributed by atoms with Gasteiger partial charge in [0.1, 0.15) is 0 Å². The van der Waals surface area contributed by atoms with E-state index in [0.29, 0.717) is 5.69 Å². The molecule has 0 aliphatic heterocycles. The highest BCUT2D eigenvalue weighted by Crippen LogP contribution is 2.19. The number of anilines is 2. The lowest BCUT2D eigenvalue weighted by molar-refractivity contribution is 0.0947. The molecule has 0 aliphatic carbocycles. The molecule has 32 heavy (non-hydrogen) atoms. The van der Waals surface area contributed by atoms with Crippen molar-refractivity contribution in [3.05, 3.63) is 63.6 Å². The summed E-state index contributed by atoms with van der Waals surface area (Å²) >= 11 is 1.47. The first-order valence-corrected chi connectivity index (χ1v) is 9.95. The Morgan fingerprint density at radius 1 is 1.22 bits per heavy atom. The van der Waals surface area contributed by atoms with Gasteiger partial charge in [-0.3, -0.25) is 9.59 Å². The highest BCUT2D eigenvalue weighted by Gasteiger charge is 2.24. The molecule has 14 heteroatoms. The van der Waals surface area contributed by atoms with Crippen LogP contribution in [0.3, 0.4) is 0 Å². The maximum absolute atomic E-state index is 12.7. The van der Waals surface area contributed by atoms with E-state index in [1.54, 1.807) is 24.3 Å². The van der Waals surface area contributed by atoms with Gasteiger partial charge in [0.25, 0.3) is 11.8 Å². The van der Waals surface area contributed by atoms with Crippen LogP contribution < -0.4 is 22.2 Å². The molecule has 4 aromatic rings. The molecule has 0 aliphatic rings. The molecule has 0 saturated carbocycles. The fraction of sp³-hybridized carbons (Fsp3) is 0.0556. The Morgan fingerprint density at radius 2 is 2.06 bits per heavy atom. The average Bonchev–Trinajstić information content (AvgIpc) is 3.53. The molecule has 0 atom stereocenters. The predicted octanol–water partition coefficient (Wildman–Crippen LogP) is 0.769. The summed E-state index contributed by atoms with van der Waals surface area (Å²) in [5.41, 5.74) is 14.6. The summed E-state index contributed by atoms with van der Waals surface area (Å²) in [6.07, 6.45) is 1.51. The quantitative estimate of drug-likeness (QED) is 0.221. The van der Waals surface area contributed by atoms with Gasteiger partial charge in [-0.2, -0.15) is 9.78 Å². The normalized spacial score (nSPS) is 11.0. The van der Waals surface area contributed by atoms with Gasteiger partial charge in [0.05, 0.1) is 24.0 Å². The second-order valence-corrected chi connectivity index (χ2v) is 7.23. The van der Waals surface area contributed by atoms with E-state index in [1.807, 2.05) is 17.5 Å². The zero-order valence-corrected chi connectivity index (χ0v) is 17.1. The summed E-state index contributed by atoms with van der Waals surface area (Å²) in [6, 6.07) is 10.4. The van der Waals surface area contributed by atoms with Gasteiger partial charge < -0.3 is 16.8 Å². The van der Waals surface area contributed by atoms with Crippen molar-refractivity contribution in [2.24, 2.45) is 10.8 Å². The van der Waals surface area contributed by atoms with Crippen LogP contribution in [0.5, 0.6) is 0 Å². The molecule has 4 rings (SSSR count). The third-order valence-electron chi connectivity index (χ3n) is 4.21. The zero-order chi connectivity index (χ0) is 22.5. The highest BCUT2D eigenvalue weighted by atomic mass is 32.1. The summed E-state index contributed by atoms with van der Waals surface area (Å²) in [6.45, 7) is 0.0149. The van der Waals surface area contributed by atoms with Crippen LogP contribution in [-0.2, 0) is 6.54 Å².